The molecule has 1 heterocycles. The fourth-order valence-corrected chi connectivity index (χ4v) is 2.18. The van der Waals surface area contributed by atoms with Crippen LogP contribution in [0.25, 0.3) is 0 Å². The van der Waals surface area contributed by atoms with E-state index in [1.54, 1.807) is 20.9 Å². The summed E-state index contributed by atoms with van der Waals surface area (Å²) in [6, 6.07) is -1.19. The van der Waals surface area contributed by atoms with E-state index in [2.05, 4.69) is 5.32 Å². The summed E-state index contributed by atoms with van der Waals surface area (Å²) in [6.07, 6.45) is 2.06. The van der Waals surface area contributed by atoms with Crippen molar-refractivity contribution >= 4 is 12.0 Å². The highest BCUT2D eigenvalue weighted by Gasteiger charge is 2.26. The van der Waals surface area contributed by atoms with Crippen molar-refractivity contribution in [2.24, 2.45) is 11.8 Å². The summed E-state index contributed by atoms with van der Waals surface area (Å²) in [7, 11) is 1.68. The van der Waals surface area contributed by atoms with Crippen molar-refractivity contribution in [2.45, 2.75) is 32.7 Å². The van der Waals surface area contributed by atoms with E-state index in [1.165, 1.54) is 4.90 Å². The molecule has 6 nitrogen and oxygen atoms in total. The molecule has 0 saturated carbocycles. The first-order chi connectivity index (χ1) is 8.91. The van der Waals surface area contributed by atoms with Gasteiger partial charge in [0, 0.05) is 26.1 Å². The summed E-state index contributed by atoms with van der Waals surface area (Å²) < 4.78 is 5.37. The lowest BCUT2D eigenvalue weighted by Crippen LogP contribution is -2.50. The van der Waals surface area contributed by atoms with Crippen LogP contribution in [0.5, 0.6) is 0 Å². The lowest BCUT2D eigenvalue weighted by atomic mass is 10.0. The highest BCUT2D eigenvalue weighted by atomic mass is 16.5. The number of amides is 2. The van der Waals surface area contributed by atoms with E-state index in [9.17, 15) is 9.59 Å². The Hall–Kier alpha value is -1.30. The normalized spacial score (nSPS) is 20.9. The number of urea groups is 1. The molecule has 2 atom stereocenters. The molecule has 0 aromatic heterocycles. The van der Waals surface area contributed by atoms with Crippen molar-refractivity contribution in [3.63, 3.8) is 0 Å². The quantitative estimate of drug-likeness (QED) is 0.787. The fourth-order valence-electron chi connectivity index (χ4n) is 2.18. The van der Waals surface area contributed by atoms with Crippen LogP contribution < -0.4 is 5.32 Å². The number of nitrogens with zero attached hydrogens (tertiary/aromatic N) is 1. The van der Waals surface area contributed by atoms with E-state index in [0.29, 0.717) is 19.1 Å². The minimum absolute atomic E-state index is 0.145. The molecule has 2 N–H and O–H groups in total. The molecule has 2 amide bonds. The Balaban J connectivity index is 2.44. The van der Waals surface area contributed by atoms with Crippen LogP contribution >= 0.6 is 0 Å². The predicted molar refractivity (Wildman–Crippen MR) is 71.0 cm³/mol. The van der Waals surface area contributed by atoms with Crippen LogP contribution in [0.2, 0.25) is 0 Å². The molecule has 110 valence electrons. The zero-order valence-corrected chi connectivity index (χ0v) is 11.9. The van der Waals surface area contributed by atoms with Gasteiger partial charge in [0.1, 0.15) is 6.04 Å². The monoisotopic (exact) mass is 272 g/mol. The molecule has 19 heavy (non-hydrogen) atoms. The van der Waals surface area contributed by atoms with Gasteiger partial charge in [0.25, 0.3) is 0 Å². The first kappa shape index (κ1) is 15.8. The summed E-state index contributed by atoms with van der Waals surface area (Å²) in [5.41, 5.74) is 0. The van der Waals surface area contributed by atoms with Crippen LogP contribution in [-0.2, 0) is 9.53 Å². The zero-order chi connectivity index (χ0) is 14.4. The second-order valence-corrected chi connectivity index (χ2v) is 5.47. The van der Waals surface area contributed by atoms with Gasteiger partial charge in [0.05, 0.1) is 6.61 Å². The van der Waals surface area contributed by atoms with Gasteiger partial charge in [-0.1, -0.05) is 13.8 Å². The molecule has 0 aromatic rings. The number of carbonyl (C=O) groups is 2. The van der Waals surface area contributed by atoms with E-state index in [1.807, 2.05) is 0 Å². The Morgan fingerprint density at radius 1 is 1.47 bits per heavy atom. The summed E-state index contributed by atoms with van der Waals surface area (Å²) in [6.45, 7) is 5.60. The second-order valence-electron chi connectivity index (χ2n) is 5.47. The SMILES string of the molecule is CC(C)C(NC(=O)N(C)CC1CCCOC1)C(=O)O. The van der Waals surface area contributed by atoms with Crippen molar-refractivity contribution in [1.29, 1.82) is 0 Å². The number of ether oxygens (including phenoxy) is 1. The lowest BCUT2D eigenvalue weighted by molar-refractivity contribution is -0.140. The van der Waals surface area contributed by atoms with Crippen molar-refractivity contribution < 1.29 is 19.4 Å². The molecular formula is C13H24N2O4. The molecule has 1 saturated heterocycles. The Morgan fingerprint density at radius 2 is 2.16 bits per heavy atom. The smallest absolute Gasteiger partial charge is 0.326 e. The first-order valence-corrected chi connectivity index (χ1v) is 6.74. The molecule has 0 spiro atoms. The standard InChI is InChI=1S/C13H24N2O4/c1-9(2)11(12(16)17)14-13(18)15(3)7-10-5-4-6-19-8-10/h9-11H,4-8H2,1-3H3,(H,14,18)(H,16,17). The van der Waals surface area contributed by atoms with Crippen molar-refractivity contribution in [2.75, 3.05) is 26.8 Å². The second kappa shape index (κ2) is 7.33. The largest absolute Gasteiger partial charge is 0.480 e. The highest BCUT2D eigenvalue weighted by Crippen LogP contribution is 2.14. The van der Waals surface area contributed by atoms with Crippen LogP contribution in [0.3, 0.4) is 0 Å². The van der Waals surface area contributed by atoms with E-state index >= 15 is 0 Å². The van der Waals surface area contributed by atoms with Gasteiger partial charge in [0.2, 0.25) is 0 Å². The molecule has 0 aliphatic carbocycles. The minimum Gasteiger partial charge on any atom is -0.480 e. The summed E-state index contributed by atoms with van der Waals surface area (Å²) >= 11 is 0. The van der Waals surface area contributed by atoms with Gasteiger partial charge in [-0.15, -0.1) is 0 Å². The molecule has 1 rings (SSSR count). The van der Waals surface area contributed by atoms with Crippen LogP contribution in [0.15, 0.2) is 0 Å². The van der Waals surface area contributed by atoms with Gasteiger partial charge in [0.15, 0.2) is 0 Å². The molecule has 0 bridgehead atoms. The third-order valence-electron chi connectivity index (χ3n) is 3.35. The molecule has 0 aromatic carbocycles. The van der Waals surface area contributed by atoms with Crippen LogP contribution in [-0.4, -0.2) is 54.9 Å². The molecule has 6 heteroatoms. The number of hydrogen-bond donors (Lipinski definition) is 2. The molecule has 1 aliphatic rings. The molecule has 1 fully saturated rings. The molecular weight excluding hydrogens is 248 g/mol. The average molecular weight is 272 g/mol. The van der Waals surface area contributed by atoms with Gasteiger partial charge >= 0.3 is 12.0 Å². The Morgan fingerprint density at radius 3 is 2.63 bits per heavy atom. The van der Waals surface area contributed by atoms with Gasteiger partial charge in [-0.05, 0) is 18.8 Å². The summed E-state index contributed by atoms with van der Waals surface area (Å²) in [5.74, 6) is -0.808. The van der Waals surface area contributed by atoms with E-state index < -0.39 is 12.0 Å². The van der Waals surface area contributed by atoms with Gasteiger partial charge in [-0.25, -0.2) is 9.59 Å². The van der Waals surface area contributed by atoms with Crippen LogP contribution in [0.4, 0.5) is 4.79 Å². The van der Waals surface area contributed by atoms with Crippen LogP contribution in [0.1, 0.15) is 26.7 Å². The number of carboxylic acids is 1. The van der Waals surface area contributed by atoms with Crippen molar-refractivity contribution in [1.82, 2.24) is 10.2 Å². The molecule has 0 radical (unpaired) electrons. The number of nitrogens with one attached hydrogen (secondary N) is 1. The number of carboxylic acid groups (broad SMARTS) is 1. The maximum Gasteiger partial charge on any atom is 0.326 e. The maximum atomic E-state index is 11.9. The Kier molecular flexibility index (Phi) is 6.08. The zero-order valence-electron chi connectivity index (χ0n) is 11.9. The molecule has 2 unspecified atom stereocenters. The summed E-state index contributed by atoms with van der Waals surface area (Å²) in [5, 5.41) is 11.6. The first-order valence-electron chi connectivity index (χ1n) is 6.74. The molecule has 1 aliphatic heterocycles. The van der Waals surface area contributed by atoms with E-state index in [-0.39, 0.29) is 11.9 Å². The topological polar surface area (TPSA) is 78.9 Å². The van der Waals surface area contributed by atoms with Gasteiger partial charge < -0.3 is 20.1 Å². The Bertz CT molecular complexity index is 314. The van der Waals surface area contributed by atoms with Crippen LogP contribution in [0, 0.1) is 11.8 Å². The van der Waals surface area contributed by atoms with Crippen molar-refractivity contribution in [3.05, 3.63) is 0 Å². The Labute approximate surface area is 114 Å². The maximum absolute atomic E-state index is 11.9. The number of rotatable bonds is 5. The summed E-state index contributed by atoms with van der Waals surface area (Å²) in [4.78, 5) is 24.5. The minimum atomic E-state index is -1.00. The number of aliphatic carboxylic acids is 1. The third kappa shape index (κ3) is 5.06. The highest BCUT2D eigenvalue weighted by molar-refractivity contribution is 5.82. The number of carbonyl (C=O) groups excluding carboxylic acids is 1. The van der Waals surface area contributed by atoms with Crippen molar-refractivity contribution in [3.8, 4) is 0 Å². The fraction of sp³-hybridized carbons (Fsp3) is 0.846. The lowest BCUT2D eigenvalue weighted by Gasteiger charge is -2.28. The predicted octanol–water partition coefficient (Wildman–Crippen LogP) is 1.16. The third-order valence-corrected chi connectivity index (χ3v) is 3.35. The van der Waals surface area contributed by atoms with E-state index in [0.717, 1.165) is 19.4 Å². The number of hydrogen-bond acceptors (Lipinski definition) is 3. The average Bonchev–Trinajstić information content (AvgIpc) is 2.35. The van der Waals surface area contributed by atoms with Gasteiger partial charge in [-0.3, -0.25) is 0 Å². The van der Waals surface area contributed by atoms with E-state index in [4.69, 9.17) is 9.84 Å². The van der Waals surface area contributed by atoms with Gasteiger partial charge in [-0.2, -0.15) is 0 Å².